The van der Waals surface area contributed by atoms with Crippen LogP contribution in [0.2, 0.25) is 0 Å². The summed E-state index contributed by atoms with van der Waals surface area (Å²) in [6.45, 7) is 15.3. The predicted octanol–water partition coefficient (Wildman–Crippen LogP) is 9.03. The van der Waals surface area contributed by atoms with Crippen molar-refractivity contribution in [3.05, 3.63) is 0 Å². The number of quaternary nitrogens is 1. The van der Waals surface area contributed by atoms with Crippen molar-refractivity contribution in [1.29, 1.82) is 0 Å². The molecule has 0 atom stereocenters. The largest absolute Gasteiger partial charge is 1.00 e. The summed E-state index contributed by atoms with van der Waals surface area (Å²) in [6.07, 6.45) is 37.8. The van der Waals surface area contributed by atoms with Crippen LogP contribution in [0.15, 0.2) is 0 Å². The first-order valence-corrected chi connectivity index (χ1v) is 17.1. The van der Waals surface area contributed by atoms with Gasteiger partial charge in [-0.1, -0.05) is 143 Å². The Hall–Kier alpha value is 0.250. The van der Waals surface area contributed by atoms with Gasteiger partial charge in [0.2, 0.25) is 0 Å². The molecule has 0 unspecified atom stereocenters. The standard InChI is InChI=1S/C34H72N.ClH/c1-5-9-13-17-21-22-26-30-34-35(31-27-23-18-14-10-6-2,32-28-24-19-15-11-7-3)33-29-25-20-16-12-8-4;/h5-34H2,1-4H3;1H/q+1;/p-1. The van der Waals surface area contributed by atoms with Crippen LogP contribution < -0.4 is 12.4 Å². The van der Waals surface area contributed by atoms with E-state index in [9.17, 15) is 0 Å². The molecule has 0 amide bonds. The van der Waals surface area contributed by atoms with Gasteiger partial charge in [0.15, 0.2) is 0 Å². The third kappa shape index (κ3) is 25.9. The van der Waals surface area contributed by atoms with E-state index in [2.05, 4.69) is 27.7 Å². The van der Waals surface area contributed by atoms with E-state index in [-0.39, 0.29) is 12.4 Å². The van der Waals surface area contributed by atoms with Gasteiger partial charge in [0, 0.05) is 0 Å². The highest BCUT2D eigenvalue weighted by Crippen LogP contribution is 2.21. The molecular weight excluding hydrogens is 458 g/mol. The van der Waals surface area contributed by atoms with E-state index in [4.69, 9.17) is 0 Å². The lowest BCUT2D eigenvalue weighted by molar-refractivity contribution is -0.929. The van der Waals surface area contributed by atoms with Crippen molar-refractivity contribution >= 4 is 0 Å². The number of hydrogen-bond donors (Lipinski definition) is 0. The van der Waals surface area contributed by atoms with Gasteiger partial charge < -0.3 is 16.9 Å². The summed E-state index contributed by atoms with van der Waals surface area (Å²) in [5.74, 6) is 0. The number of nitrogens with zero attached hydrogens (tertiary/aromatic N) is 1. The first kappa shape index (κ1) is 38.4. The second kappa shape index (κ2) is 31.5. The predicted molar refractivity (Wildman–Crippen MR) is 162 cm³/mol. The third-order valence-electron chi connectivity index (χ3n) is 8.44. The Kier molecular flexibility index (Phi) is 33.6. The van der Waals surface area contributed by atoms with Crippen LogP contribution in [-0.4, -0.2) is 30.7 Å². The molecule has 36 heavy (non-hydrogen) atoms. The highest BCUT2D eigenvalue weighted by atomic mass is 35.5. The molecule has 0 aliphatic carbocycles. The van der Waals surface area contributed by atoms with Crippen LogP contribution in [0.25, 0.3) is 0 Å². The zero-order valence-electron chi connectivity index (χ0n) is 26.0. The smallest absolute Gasteiger partial charge is 0.0786 e. The number of rotatable bonds is 30. The van der Waals surface area contributed by atoms with Gasteiger partial charge in [0.05, 0.1) is 26.2 Å². The Morgan fingerprint density at radius 1 is 0.250 bits per heavy atom. The highest BCUT2D eigenvalue weighted by Gasteiger charge is 2.25. The Labute approximate surface area is 237 Å². The lowest BCUT2D eigenvalue weighted by atomic mass is 10.0. The Balaban J connectivity index is 0. The maximum absolute atomic E-state index is 2.34. The molecule has 1 nitrogen and oxygen atoms in total. The minimum atomic E-state index is 0. The molecule has 0 heterocycles. The van der Waals surface area contributed by atoms with E-state index in [1.807, 2.05) is 0 Å². The average Bonchev–Trinajstić information content (AvgIpc) is 2.87. The molecule has 0 fully saturated rings. The summed E-state index contributed by atoms with van der Waals surface area (Å²) >= 11 is 0. The summed E-state index contributed by atoms with van der Waals surface area (Å²) in [6, 6.07) is 0. The van der Waals surface area contributed by atoms with Gasteiger partial charge in [0.25, 0.3) is 0 Å². The van der Waals surface area contributed by atoms with Crippen LogP contribution in [0.4, 0.5) is 0 Å². The van der Waals surface area contributed by atoms with Crippen LogP contribution in [0.5, 0.6) is 0 Å². The average molecular weight is 530 g/mol. The molecule has 0 aromatic heterocycles. The molecule has 0 spiro atoms. The van der Waals surface area contributed by atoms with Gasteiger partial charge >= 0.3 is 0 Å². The first-order chi connectivity index (χ1) is 17.2. The Bertz CT molecular complexity index is 343. The van der Waals surface area contributed by atoms with Crippen LogP contribution in [0.3, 0.4) is 0 Å². The maximum Gasteiger partial charge on any atom is 0.0786 e. The molecule has 220 valence electrons. The summed E-state index contributed by atoms with van der Waals surface area (Å²) in [5, 5.41) is 0. The summed E-state index contributed by atoms with van der Waals surface area (Å²) in [4.78, 5) is 0. The zero-order valence-corrected chi connectivity index (χ0v) is 26.8. The molecule has 0 aliphatic rings. The fourth-order valence-electron chi connectivity index (χ4n) is 5.93. The van der Waals surface area contributed by atoms with E-state index in [0.29, 0.717) is 0 Å². The Morgan fingerprint density at radius 3 is 0.611 bits per heavy atom. The normalized spacial score (nSPS) is 11.7. The number of halogens is 1. The van der Waals surface area contributed by atoms with Gasteiger partial charge in [-0.25, -0.2) is 0 Å². The van der Waals surface area contributed by atoms with Crippen molar-refractivity contribution in [2.45, 2.75) is 195 Å². The van der Waals surface area contributed by atoms with Crippen LogP contribution in [0, 0.1) is 0 Å². The van der Waals surface area contributed by atoms with Gasteiger partial charge in [-0.15, -0.1) is 0 Å². The second-order valence-corrected chi connectivity index (χ2v) is 12.0. The number of hydrogen-bond acceptors (Lipinski definition) is 0. The molecule has 0 N–H and O–H groups in total. The van der Waals surface area contributed by atoms with E-state index in [1.165, 1.54) is 198 Å². The monoisotopic (exact) mass is 530 g/mol. The van der Waals surface area contributed by atoms with Crippen molar-refractivity contribution < 1.29 is 16.9 Å². The van der Waals surface area contributed by atoms with Crippen molar-refractivity contribution in [2.75, 3.05) is 26.2 Å². The van der Waals surface area contributed by atoms with Crippen molar-refractivity contribution in [1.82, 2.24) is 0 Å². The minimum absolute atomic E-state index is 0. The van der Waals surface area contributed by atoms with Gasteiger partial charge in [-0.3, -0.25) is 0 Å². The van der Waals surface area contributed by atoms with E-state index >= 15 is 0 Å². The van der Waals surface area contributed by atoms with Crippen molar-refractivity contribution in [2.24, 2.45) is 0 Å². The van der Waals surface area contributed by atoms with E-state index < -0.39 is 0 Å². The van der Waals surface area contributed by atoms with Crippen LogP contribution >= 0.6 is 0 Å². The fraction of sp³-hybridized carbons (Fsp3) is 1.00. The highest BCUT2D eigenvalue weighted by molar-refractivity contribution is 4.55. The quantitative estimate of drug-likeness (QED) is 0.0642. The topological polar surface area (TPSA) is 0 Å². The summed E-state index contributed by atoms with van der Waals surface area (Å²) in [5.41, 5.74) is 0. The fourth-order valence-corrected chi connectivity index (χ4v) is 5.93. The van der Waals surface area contributed by atoms with E-state index in [1.54, 1.807) is 0 Å². The third-order valence-corrected chi connectivity index (χ3v) is 8.44. The molecule has 0 aliphatic heterocycles. The molecule has 0 saturated heterocycles. The summed E-state index contributed by atoms with van der Waals surface area (Å²) < 4.78 is 1.48. The van der Waals surface area contributed by atoms with Gasteiger partial charge in [-0.2, -0.15) is 0 Å². The molecule has 0 saturated carbocycles. The molecule has 2 heteroatoms. The van der Waals surface area contributed by atoms with Crippen LogP contribution in [0.1, 0.15) is 195 Å². The molecule has 0 radical (unpaired) electrons. The van der Waals surface area contributed by atoms with E-state index in [0.717, 1.165) is 0 Å². The summed E-state index contributed by atoms with van der Waals surface area (Å²) in [7, 11) is 0. The van der Waals surface area contributed by atoms with Gasteiger partial charge in [-0.05, 0) is 51.4 Å². The molecule has 0 bridgehead atoms. The zero-order chi connectivity index (χ0) is 25.7. The molecular formula is C34H72ClN. The SMILES string of the molecule is CCCCCCCCCC[N+](CCCCCCCC)(CCCCCCCC)CCCCCCCC.[Cl-]. The second-order valence-electron chi connectivity index (χ2n) is 12.0. The van der Waals surface area contributed by atoms with Crippen molar-refractivity contribution in [3.63, 3.8) is 0 Å². The van der Waals surface area contributed by atoms with Crippen LogP contribution in [-0.2, 0) is 0 Å². The minimum Gasteiger partial charge on any atom is -1.00 e. The Morgan fingerprint density at radius 2 is 0.417 bits per heavy atom. The van der Waals surface area contributed by atoms with Crippen molar-refractivity contribution in [3.8, 4) is 0 Å². The lowest BCUT2D eigenvalue weighted by Gasteiger charge is -2.40. The number of unbranched alkanes of at least 4 members (excludes halogenated alkanes) is 22. The maximum atomic E-state index is 2.34. The lowest BCUT2D eigenvalue weighted by Crippen LogP contribution is -3.00. The first-order valence-electron chi connectivity index (χ1n) is 17.1. The molecule has 0 rings (SSSR count). The molecule has 0 aromatic carbocycles. The molecule has 0 aromatic rings. The van der Waals surface area contributed by atoms with Gasteiger partial charge in [0.1, 0.15) is 0 Å².